The molecule has 0 spiro atoms. The van der Waals surface area contributed by atoms with E-state index >= 15 is 0 Å². The first-order valence-corrected chi connectivity index (χ1v) is 6.47. The molecule has 1 aromatic heterocycles. The van der Waals surface area contributed by atoms with Crippen molar-refractivity contribution in [2.24, 2.45) is 0 Å². The molecule has 5 nitrogen and oxygen atoms in total. The number of nitrogen functional groups attached to an aromatic ring is 1. The van der Waals surface area contributed by atoms with Crippen LogP contribution in [-0.4, -0.2) is 10.5 Å². The van der Waals surface area contributed by atoms with Crippen LogP contribution in [0.15, 0.2) is 47.4 Å². The molecule has 6 heteroatoms. The number of hydrogen-bond donors (Lipinski definition) is 2. The van der Waals surface area contributed by atoms with Crippen LogP contribution in [0.5, 0.6) is 0 Å². The number of aromatic nitrogens is 1. The minimum atomic E-state index is -0.490. The summed E-state index contributed by atoms with van der Waals surface area (Å²) in [5.41, 5.74) is 6.04. The third kappa shape index (κ3) is 3.68. The Morgan fingerprint density at radius 3 is 2.76 bits per heavy atom. The number of nitrogens with zero attached hydrogens (tertiary/aromatic N) is 1. The van der Waals surface area contributed by atoms with E-state index in [2.05, 4.69) is 5.32 Å². The van der Waals surface area contributed by atoms with Gasteiger partial charge in [0.05, 0.1) is 6.04 Å². The molecule has 2 rings (SSSR count). The van der Waals surface area contributed by atoms with Crippen molar-refractivity contribution in [3.05, 3.63) is 64.3 Å². The molecule has 3 N–H and O–H groups in total. The monoisotopic (exact) mass is 289 g/mol. The van der Waals surface area contributed by atoms with Crippen LogP contribution in [0.3, 0.4) is 0 Å². The van der Waals surface area contributed by atoms with E-state index in [1.54, 1.807) is 25.1 Å². The second-order valence-electron chi connectivity index (χ2n) is 4.74. The molecular weight excluding hydrogens is 273 g/mol. The molecule has 1 aromatic carbocycles. The molecule has 2 aromatic rings. The van der Waals surface area contributed by atoms with Gasteiger partial charge in [0, 0.05) is 23.5 Å². The largest absolute Gasteiger partial charge is 0.398 e. The molecule has 0 aliphatic rings. The molecule has 0 radical (unpaired) electrons. The zero-order valence-electron chi connectivity index (χ0n) is 11.5. The van der Waals surface area contributed by atoms with Crippen LogP contribution in [0.2, 0.25) is 0 Å². The predicted octanol–water partition coefficient (Wildman–Crippen LogP) is 1.45. The second kappa shape index (κ2) is 6.21. The minimum absolute atomic E-state index is 0.164. The van der Waals surface area contributed by atoms with Gasteiger partial charge in [-0.1, -0.05) is 18.2 Å². The van der Waals surface area contributed by atoms with Gasteiger partial charge >= 0.3 is 0 Å². The van der Waals surface area contributed by atoms with E-state index < -0.39 is 11.9 Å². The topological polar surface area (TPSA) is 77.1 Å². The van der Waals surface area contributed by atoms with E-state index in [1.165, 1.54) is 29.0 Å². The van der Waals surface area contributed by atoms with Crippen molar-refractivity contribution >= 4 is 11.6 Å². The van der Waals surface area contributed by atoms with E-state index in [1.807, 2.05) is 0 Å². The maximum Gasteiger partial charge on any atom is 0.251 e. The number of hydrogen-bond acceptors (Lipinski definition) is 3. The molecule has 0 fully saturated rings. The summed E-state index contributed by atoms with van der Waals surface area (Å²) in [6.45, 7) is 1.51. The Morgan fingerprint density at radius 1 is 1.33 bits per heavy atom. The third-order valence-corrected chi connectivity index (χ3v) is 3.07. The number of rotatable bonds is 4. The summed E-state index contributed by atoms with van der Waals surface area (Å²) in [4.78, 5) is 23.5. The van der Waals surface area contributed by atoms with Crippen molar-refractivity contribution in [2.45, 2.75) is 19.5 Å². The van der Waals surface area contributed by atoms with Crippen molar-refractivity contribution in [3.63, 3.8) is 0 Å². The fourth-order valence-electron chi connectivity index (χ4n) is 2.02. The van der Waals surface area contributed by atoms with Crippen LogP contribution in [0.25, 0.3) is 0 Å². The zero-order chi connectivity index (χ0) is 15.4. The predicted molar refractivity (Wildman–Crippen MR) is 78.1 cm³/mol. The van der Waals surface area contributed by atoms with Crippen molar-refractivity contribution < 1.29 is 9.18 Å². The number of nitrogens with one attached hydrogen (secondary N) is 1. The van der Waals surface area contributed by atoms with Crippen molar-refractivity contribution in [1.82, 2.24) is 9.88 Å². The Morgan fingerprint density at radius 2 is 2.05 bits per heavy atom. The lowest BCUT2D eigenvalue weighted by molar-refractivity contribution is -0.122. The molecule has 1 unspecified atom stereocenters. The molecule has 1 heterocycles. The van der Waals surface area contributed by atoms with Gasteiger partial charge in [0.15, 0.2) is 0 Å². The first-order valence-electron chi connectivity index (χ1n) is 6.47. The maximum absolute atomic E-state index is 13.6. The highest BCUT2D eigenvalue weighted by Gasteiger charge is 2.13. The number of carbonyl (C=O) groups excluding carboxylic acids is 1. The van der Waals surface area contributed by atoms with E-state index in [0.29, 0.717) is 11.3 Å². The van der Waals surface area contributed by atoms with Gasteiger partial charge in [-0.05, 0) is 19.1 Å². The SMILES string of the molecule is CC(NC(=O)Cn1cc(N)ccc1=O)c1ccccc1F. The van der Waals surface area contributed by atoms with Gasteiger partial charge in [-0.3, -0.25) is 9.59 Å². The molecule has 21 heavy (non-hydrogen) atoms. The van der Waals surface area contributed by atoms with Gasteiger partial charge < -0.3 is 15.6 Å². The highest BCUT2D eigenvalue weighted by Crippen LogP contribution is 2.15. The van der Waals surface area contributed by atoms with Crippen molar-refractivity contribution in [1.29, 1.82) is 0 Å². The molecule has 110 valence electrons. The van der Waals surface area contributed by atoms with E-state index in [9.17, 15) is 14.0 Å². The van der Waals surface area contributed by atoms with Crippen LogP contribution in [0.1, 0.15) is 18.5 Å². The van der Waals surface area contributed by atoms with Crippen LogP contribution < -0.4 is 16.6 Å². The molecule has 1 atom stereocenters. The number of amides is 1. The summed E-state index contributed by atoms with van der Waals surface area (Å²) < 4.78 is 14.8. The van der Waals surface area contributed by atoms with Gasteiger partial charge in [-0.2, -0.15) is 0 Å². The first kappa shape index (κ1) is 14.8. The minimum Gasteiger partial charge on any atom is -0.398 e. The summed E-state index contributed by atoms with van der Waals surface area (Å²) in [5, 5.41) is 2.65. The lowest BCUT2D eigenvalue weighted by Gasteiger charge is -2.15. The lowest BCUT2D eigenvalue weighted by Crippen LogP contribution is -2.33. The Kier molecular flexibility index (Phi) is 4.37. The van der Waals surface area contributed by atoms with Gasteiger partial charge in [0.2, 0.25) is 5.91 Å². The number of pyridine rings is 1. The second-order valence-corrected chi connectivity index (χ2v) is 4.74. The number of benzene rings is 1. The summed E-state index contributed by atoms with van der Waals surface area (Å²) in [6.07, 6.45) is 1.40. The number of halogens is 1. The molecule has 0 aliphatic carbocycles. The van der Waals surface area contributed by atoms with Gasteiger partial charge in [-0.25, -0.2) is 4.39 Å². The smallest absolute Gasteiger partial charge is 0.251 e. The Hall–Kier alpha value is -2.63. The Balaban J connectivity index is 2.07. The average Bonchev–Trinajstić information content (AvgIpc) is 2.43. The fourth-order valence-corrected chi connectivity index (χ4v) is 2.02. The zero-order valence-corrected chi connectivity index (χ0v) is 11.5. The fraction of sp³-hybridized carbons (Fsp3) is 0.200. The highest BCUT2D eigenvalue weighted by atomic mass is 19.1. The van der Waals surface area contributed by atoms with E-state index in [-0.39, 0.29) is 17.9 Å². The highest BCUT2D eigenvalue weighted by molar-refractivity contribution is 5.76. The molecule has 0 saturated carbocycles. The molecule has 0 bridgehead atoms. The van der Waals surface area contributed by atoms with Crippen molar-refractivity contribution in [2.75, 3.05) is 5.73 Å². The van der Waals surface area contributed by atoms with E-state index in [4.69, 9.17) is 5.73 Å². The Bertz CT molecular complexity index is 712. The van der Waals surface area contributed by atoms with Crippen LogP contribution in [0, 0.1) is 5.82 Å². The normalized spacial score (nSPS) is 11.9. The van der Waals surface area contributed by atoms with Crippen LogP contribution in [-0.2, 0) is 11.3 Å². The van der Waals surface area contributed by atoms with Gasteiger partial charge in [-0.15, -0.1) is 0 Å². The molecule has 1 amide bonds. The van der Waals surface area contributed by atoms with Crippen molar-refractivity contribution in [3.8, 4) is 0 Å². The number of carbonyl (C=O) groups is 1. The standard InChI is InChI=1S/C15H16FN3O2/c1-10(12-4-2-3-5-13(12)16)18-14(20)9-19-8-11(17)6-7-15(19)21/h2-8,10H,9,17H2,1H3,(H,18,20). The summed E-state index contributed by atoms with van der Waals surface area (Å²) in [5.74, 6) is -0.773. The number of nitrogens with two attached hydrogens (primary N) is 1. The van der Waals surface area contributed by atoms with Crippen LogP contribution in [0.4, 0.5) is 10.1 Å². The maximum atomic E-state index is 13.6. The number of anilines is 1. The Labute approximate surface area is 121 Å². The molecule has 0 aliphatic heterocycles. The van der Waals surface area contributed by atoms with E-state index in [0.717, 1.165) is 0 Å². The summed E-state index contributed by atoms with van der Waals surface area (Å²) in [7, 11) is 0. The summed E-state index contributed by atoms with van der Waals surface area (Å²) >= 11 is 0. The average molecular weight is 289 g/mol. The summed E-state index contributed by atoms with van der Waals surface area (Å²) in [6, 6.07) is 8.49. The van der Waals surface area contributed by atoms with Gasteiger partial charge in [0.1, 0.15) is 12.4 Å². The lowest BCUT2D eigenvalue weighted by atomic mass is 10.1. The quantitative estimate of drug-likeness (QED) is 0.894. The molecular formula is C15H16FN3O2. The molecule has 0 saturated heterocycles. The van der Waals surface area contributed by atoms with Crippen LogP contribution >= 0.6 is 0 Å². The van der Waals surface area contributed by atoms with Gasteiger partial charge in [0.25, 0.3) is 5.56 Å². The first-order chi connectivity index (χ1) is 9.97. The third-order valence-electron chi connectivity index (χ3n) is 3.07.